The molecule has 2 amide bonds. The molecular formula is C24H29N3O4. The van der Waals surface area contributed by atoms with E-state index in [4.69, 9.17) is 9.94 Å². The number of fused-ring (bicyclic) bond motifs is 1. The zero-order chi connectivity index (χ0) is 22.2. The predicted molar refractivity (Wildman–Crippen MR) is 115 cm³/mol. The van der Waals surface area contributed by atoms with Crippen LogP contribution in [-0.4, -0.2) is 39.0 Å². The summed E-state index contributed by atoms with van der Waals surface area (Å²) in [6.45, 7) is 6.33. The Balaban J connectivity index is 1.49. The van der Waals surface area contributed by atoms with Gasteiger partial charge in [-0.05, 0) is 81.8 Å². The van der Waals surface area contributed by atoms with Crippen molar-refractivity contribution in [2.45, 2.75) is 70.6 Å². The molecule has 0 spiro atoms. The number of carbonyl (C=O) groups excluding carboxylic acids is 2. The topological polar surface area (TPSA) is 91.8 Å². The van der Waals surface area contributed by atoms with Crippen LogP contribution in [0.3, 0.4) is 0 Å². The molecule has 2 aromatic rings. The van der Waals surface area contributed by atoms with Crippen LogP contribution in [0.2, 0.25) is 0 Å². The fourth-order valence-electron chi connectivity index (χ4n) is 5.09. The van der Waals surface area contributed by atoms with Crippen molar-refractivity contribution in [2.24, 2.45) is 0 Å². The van der Waals surface area contributed by atoms with E-state index in [0.717, 1.165) is 41.1 Å². The number of nitrogens with one attached hydrogen (secondary N) is 1. The molecule has 3 heterocycles. The Kier molecular flexibility index (Phi) is 5.71. The maximum absolute atomic E-state index is 13.4. The third-order valence-electron chi connectivity index (χ3n) is 6.55. The Labute approximate surface area is 182 Å². The van der Waals surface area contributed by atoms with Crippen molar-refractivity contribution in [3.63, 3.8) is 0 Å². The first-order chi connectivity index (χ1) is 14.8. The van der Waals surface area contributed by atoms with Gasteiger partial charge in [-0.15, -0.1) is 0 Å². The van der Waals surface area contributed by atoms with Crippen LogP contribution in [0.25, 0.3) is 0 Å². The molecule has 4 rings (SSSR count). The first kappa shape index (κ1) is 21.3. The van der Waals surface area contributed by atoms with Crippen LogP contribution in [0.5, 0.6) is 5.75 Å². The molecule has 1 aromatic heterocycles. The Morgan fingerprint density at radius 3 is 2.55 bits per heavy atom. The summed E-state index contributed by atoms with van der Waals surface area (Å²) in [6.07, 6.45) is 2.98. The highest BCUT2D eigenvalue weighted by molar-refractivity contribution is 5.95. The molecule has 2 fully saturated rings. The van der Waals surface area contributed by atoms with E-state index in [1.807, 2.05) is 57.2 Å². The number of hydrogen-bond acceptors (Lipinski definition) is 5. The first-order valence-electron chi connectivity index (χ1n) is 10.8. The SMILES string of the molecule is Cc1cc(COc2ccc([C@]3(C)C[C@H]4CCC[C@@H](C(=O)NO)N4C3=O)cc2)cc(C)n1. The molecule has 7 nitrogen and oxygen atoms in total. The summed E-state index contributed by atoms with van der Waals surface area (Å²) >= 11 is 0. The Hall–Kier alpha value is -2.93. The second kappa shape index (κ2) is 8.30. The van der Waals surface area contributed by atoms with E-state index in [-0.39, 0.29) is 11.9 Å². The smallest absolute Gasteiger partial charge is 0.266 e. The van der Waals surface area contributed by atoms with Crippen LogP contribution in [0, 0.1) is 13.8 Å². The van der Waals surface area contributed by atoms with Gasteiger partial charge in [0.15, 0.2) is 0 Å². The standard InChI is InChI=1S/C24H29N3O4/c1-15-11-17(12-16(2)25-15)14-31-20-9-7-18(8-10-20)24(3)13-19-5-4-6-21(22(28)26-30)27(19)23(24)29/h7-12,19,21,30H,4-6,13-14H2,1-3H3,(H,26,28)/t19-,21+,24+/m1/s1. The highest BCUT2D eigenvalue weighted by Gasteiger charge is 2.53. The van der Waals surface area contributed by atoms with Crippen LogP contribution in [-0.2, 0) is 21.6 Å². The number of piperidine rings is 1. The van der Waals surface area contributed by atoms with Gasteiger partial charge in [-0.25, -0.2) is 5.48 Å². The summed E-state index contributed by atoms with van der Waals surface area (Å²) in [6, 6.07) is 11.1. The average molecular weight is 424 g/mol. The first-order valence-corrected chi connectivity index (χ1v) is 10.8. The summed E-state index contributed by atoms with van der Waals surface area (Å²) in [5.41, 5.74) is 4.94. The number of amides is 2. The zero-order valence-corrected chi connectivity index (χ0v) is 18.2. The summed E-state index contributed by atoms with van der Waals surface area (Å²) < 4.78 is 5.93. The van der Waals surface area contributed by atoms with Gasteiger partial charge in [0.05, 0.1) is 5.41 Å². The lowest BCUT2D eigenvalue weighted by Crippen LogP contribution is -2.53. The number of ether oxygens (including phenoxy) is 1. The van der Waals surface area contributed by atoms with Crippen molar-refractivity contribution in [2.75, 3.05) is 0 Å². The minimum atomic E-state index is -0.694. The molecule has 2 N–H and O–H groups in total. The summed E-state index contributed by atoms with van der Waals surface area (Å²) in [7, 11) is 0. The number of pyridine rings is 1. The quantitative estimate of drug-likeness (QED) is 0.569. The number of aromatic nitrogens is 1. The van der Waals surface area contributed by atoms with Gasteiger partial charge >= 0.3 is 0 Å². The van der Waals surface area contributed by atoms with Gasteiger partial charge in [0.1, 0.15) is 18.4 Å². The largest absolute Gasteiger partial charge is 0.489 e. The van der Waals surface area contributed by atoms with Crippen molar-refractivity contribution < 1.29 is 19.5 Å². The normalized spacial score (nSPS) is 25.3. The van der Waals surface area contributed by atoms with Gasteiger partial charge in [-0.3, -0.25) is 19.8 Å². The van der Waals surface area contributed by atoms with E-state index in [2.05, 4.69) is 4.98 Å². The number of nitrogens with zero attached hydrogens (tertiary/aromatic N) is 2. The highest BCUT2D eigenvalue weighted by atomic mass is 16.5. The molecule has 1 aromatic carbocycles. The molecule has 2 aliphatic heterocycles. The number of hydrogen-bond donors (Lipinski definition) is 2. The Bertz CT molecular complexity index is 971. The van der Waals surface area contributed by atoms with Gasteiger partial charge < -0.3 is 9.64 Å². The number of benzene rings is 1. The lowest BCUT2D eigenvalue weighted by molar-refractivity contribution is -0.147. The maximum Gasteiger partial charge on any atom is 0.266 e. The van der Waals surface area contributed by atoms with Crippen LogP contribution >= 0.6 is 0 Å². The molecule has 0 radical (unpaired) electrons. The van der Waals surface area contributed by atoms with Gasteiger partial charge in [-0.1, -0.05) is 12.1 Å². The molecular weight excluding hydrogens is 394 g/mol. The fraction of sp³-hybridized carbons (Fsp3) is 0.458. The minimum absolute atomic E-state index is 0.0163. The van der Waals surface area contributed by atoms with E-state index in [1.165, 1.54) is 0 Å². The van der Waals surface area contributed by atoms with Crippen molar-refractivity contribution in [1.82, 2.24) is 15.4 Å². The third-order valence-corrected chi connectivity index (χ3v) is 6.55. The van der Waals surface area contributed by atoms with Crippen molar-refractivity contribution in [3.05, 3.63) is 58.9 Å². The van der Waals surface area contributed by atoms with Crippen LogP contribution in [0.4, 0.5) is 0 Å². The number of rotatable bonds is 5. The zero-order valence-electron chi connectivity index (χ0n) is 18.2. The van der Waals surface area contributed by atoms with Crippen molar-refractivity contribution >= 4 is 11.8 Å². The van der Waals surface area contributed by atoms with Gasteiger partial charge in [-0.2, -0.15) is 0 Å². The van der Waals surface area contributed by atoms with Crippen LogP contribution in [0.15, 0.2) is 36.4 Å². The monoisotopic (exact) mass is 423 g/mol. The lowest BCUT2D eigenvalue weighted by Gasteiger charge is -2.36. The molecule has 0 unspecified atom stereocenters. The van der Waals surface area contributed by atoms with Crippen LogP contribution in [0.1, 0.15) is 55.1 Å². The molecule has 0 saturated carbocycles. The van der Waals surface area contributed by atoms with E-state index >= 15 is 0 Å². The lowest BCUT2D eigenvalue weighted by atomic mass is 9.79. The molecule has 31 heavy (non-hydrogen) atoms. The second-order valence-electron chi connectivity index (χ2n) is 8.90. The van der Waals surface area contributed by atoms with Crippen molar-refractivity contribution in [3.8, 4) is 5.75 Å². The summed E-state index contributed by atoms with van der Waals surface area (Å²) in [5, 5.41) is 9.08. The minimum Gasteiger partial charge on any atom is -0.489 e. The molecule has 2 saturated heterocycles. The third kappa shape index (κ3) is 4.02. The molecule has 3 atom stereocenters. The molecule has 0 bridgehead atoms. The summed E-state index contributed by atoms with van der Waals surface area (Å²) in [5.74, 6) is 0.176. The number of aryl methyl sites for hydroxylation is 2. The molecule has 2 aliphatic rings. The van der Waals surface area contributed by atoms with Gasteiger partial charge in [0, 0.05) is 17.4 Å². The number of hydroxylamine groups is 1. The Morgan fingerprint density at radius 2 is 1.90 bits per heavy atom. The fourth-order valence-corrected chi connectivity index (χ4v) is 5.09. The predicted octanol–water partition coefficient (Wildman–Crippen LogP) is 3.19. The molecule has 7 heteroatoms. The Morgan fingerprint density at radius 1 is 1.23 bits per heavy atom. The van der Waals surface area contributed by atoms with E-state index in [0.29, 0.717) is 19.4 Å². The second-order valence-corrected chi connectivity index (χ2v) is 8.90. The van der Waals surface area contributed by atoms with E-state index in [9.17, 15) is 9.59 Å². The maximum atomic E-state index is 13.4. The highest BCUT2D eigenvalue weighted by Crippen LogP contribution is 2.44. The van der Waals surface area contributed by atoms with Gasteiger partial charge in [0.2, 0.25) is 5.91 Å². The van der Waals surface area contributed by atoms with E-state index in [1.54, 1.807) is 10.4 Å². The molecule has 164 valence electrons. The summed E-state index contributed by atoms with van der Waals surface area (Å²) in [4.78, 5) is 31.6. The number of carbonyl (C=O) groups is 2. The van der Waals surface area contributed by atoms with E-state index < -0.39 is 17.4 Å². The van der Waals surface area contributed by atoms with Crippen molar-refractivity contribution in [1.29, 1.82) is 0 Å². The van der Waals surface area contributed by atoms with Crippen LogP contribution < -0.4 is 10.2 Å². The van der Waals surface area contributed by atoms with Gasteiger partial charge in [0.25, 0.3) is 5.91 Å². The average Bonchev–Trinajstić information content (AvgIpc) is 3.02. The molecule has 0 aliphatic carbocycles.